The summed E-state index contributed by atoms with van der Waals surface area (Å²) in [6.07, 6.45) is 0. The van der Waals surface area contributed by atoms with Gasteiger partial charge in [0.15, 0.2) is 17.5 Å². The number of nitrogens with zero attached hydrogens (tertiary/aromatic N) is 4. The maximum Gasteiger partial charge on any atom is 0.164 e. The van der Waals surface area contributed by atoms with Crippen LogP contribution in [0, 0.1) is 0 Å². The molecule has 0 aliphatic heterocycles. The van der Waals surface area contributed by atoms with Crippen molar-refractivity contribution in [1.29, 1.82) is 0 Å². The molecule has 0 fully saturated rings. The molecule has 0 bridgehead atoms. The van der Waals surface area contributed by atoms with Crippen LogP contribution in [0.5, 0.6) is 0 Å². The van der Waals surface area contributed by atoms with Crippen molar-refractivity contribution in [3.8, 4) is 39.9 Å². The first-order valence-electron chi connectivity index (χ1n) is 16.9. The summed E-state index contributed by atoms with van der Waals surface area (Å²) in [5.41, 5.74) is 7.89. The quantitative estimate of drug-likeness (QED) is 0.187. The number of hydrogen-bond donors (Lipinski definition) is 0. The Hall–Kier alpha value is -6.63. The van der Waals surface area contributed by atoms with Crippen LogP contribution in [0.2, 0.25) is 0 Å². The van der Waals surface area contributed by atoms with Crippen molar-refractivity contribution in [2.24, 2.45) is 0 Å². The molecule has 6 heteroatoms. The summed E-state index contributed by atoms with van der Waals surface area (Å²) in [6, 6.07) is 54.9. The Balaban J connectivity index is 1.09. The minimum atomic E-state index is 0.619. The number of aromatic nitrogens is 4. The van der Waals surface area contributed by atoms with Gasteiger partial charge >= 0.3 is 0 Å². The molecule has 7 aromatic carbocycles. The van der Waals surface area contributed by atoms with Crippen LogP contribution in [0.4, 0.5) is 0 Å². The van der Waals surface area contributed by atoms with Gasteiger partial charge in [-0.15, -0.1) is 11.3 Å². The molecule has 0 N–H and O–H groups in total. The first-order chi connectivity index (χ1) is 25.3. The van der Waals surface area contributed by atoms with Gasteiger partial charge in [-0.3, -0.25) is 0 Å². The summed E-state index contributed by atoms with van der Waals surface area (Å²) in [5.74, 6) is 1.91. The van der Waals surface area contributed by atoms with E-state index in [2.05, 4.69) is 120 Å². The van der Waals surface area contributed by atoms with Crippen molar-refractivity contribution in [2.75, 3.05) is 0 Å². The fraction of sp³-hybridized carbons (Fsp3) is 0. The molecule has 0 spiro atoms. The Bertz CT molecular complexity index is 3100. The van der Waals surface area contributed by atoms with Crippen LogP contribution >= 0.6 is 11.3 Å². The number of fused-ring (bicyclic) bond motifs is 9. The molecule has 51 heavy (non-hydrogen) atoms. The van der Waals surface area contributed by atoms with Crippen molar-refractivity contribution in [1.82, 2.24) is 19.5 Å². The van der Waals surface area contributed by atoms with E-state index < -0.39 is 0 Å². The number of hydrogen-bond acceptors (Lipinski definition) is 5. The average molecular weight is 671 g/mol. The normalized spacial score (nSPS) is 11.9. The van der Waals surface area contributed by atoms with Crippen molar-refractivity contribution in [2.45, 2.75) is 0 Å². The summed E-state index contributed by atoms with van der Waals surface area (Å²) >= 11 is 1.79. The summed E-state index contributed by atoms with van der Waals surface area (Å²) in [7, 11) is 0. The van der Waals surface area contributed by atoms with Gasteiger partial charge in [0.05, 0.1) is 11.0 Å². The Morgan fingerprint density at radius 2 is 1.10 bits per heavy atom. The summed E-state index contributed by atoms with van der Waals surface area (Å²) in [4.78, 5) is 15.3. The van der Waals surface area contributed by atoms with Crippen molar-refractivity contribution >= 4 is 75.3 Å². The Morgan fingerprint density at radius 3 is 1.90 bits per heavy atom. The largest absolute Gasteiger partial charge is 0.456 e. The number of benzene rings is 7. The van der Waals surface area contributed by atoms with Crippen LogP contribution in [0.25, 0.3) is 104 Å². The van der Waals surface area contributed by atoms with Gasteiger partial charge in [-0.25, -0.2) is 15.0 Å². The van der Waals surface area contributed by atoms with Gasteiger partial charge in [0.25, 0.3) is 0 Å². The van der Waals surface area contributed by atoms with Gasteiger partial charge in [-0.05, 0) is 54.6 Å². The molecule has 4 aromatic heterocycles. The third kappa shape index (κ3) is 4.37. The maximum absolute atomic E-state index is 6.51. The van der Waals surface area contributed by atoms with Crippen molar-refractivity contribution in [3.05, 3.63) is 158 Å². The number of rotatable bonds is 4. The highest BCUT2D eigenvalue weighted by molar-refractivity contribution is 7.25. The van der Waals surface area contributed by atoms with E-state index in [0.717, 1.165) is 44.3 Å². The number of thiophene rings is 1. The van der Waals surface area contributed by atoms with E-state index in [1.165, 1.54) is 42.0 Å². The van der Waals surface area contributed by atoms with Crippen LogP contribution in [0.3, 0.4) is 0 Å². The summed E-state index contributed by atoms with van der Waals surface area (Å²) in [5, 5.41) is 6.91. The van der Waals surface area contributed by atoms with E-state index in [0.29, 0.717) is 17.5 Å². The summed E-state index contributed by atoms with van der Waals surface area (Å²) < 4.78 is 11.3. The molecule has 0 amide bonds. The van der Waals surface area contributed by atoms with Crippen LogP contribution < -0.4 is 0 Å². The van der Waals surface area contributed by atoms with E-state index in [-0.39, 0.29) is 0 Å². The molecule has 0 aliphatic rings. The monoisotopic (exact) mass is 670 g/mol. The van der Waals surface area contributed by atoms with Crippen molar-refractivity contribution in [3.63, 3.8) is 0 Å². The van der Waals surface area contributed by atoms with Gasteiger partial charge in [-0.1, -0.05) is 97.1 Å². The third-order valence-corrected chi connectivity index (χ3v) is 11.0. The molecule has 0 atom stereocenters. The molecule has 5 nitrogen and oxygen atoms in total. The molecule has 11 aromatic rings. The highest BCUT2D eigenvalue weighted by Crippen LogP contribution is 2.40. The van der Waals surface area contributed by atoms with Gasteiger partial charge in [-0.2, -0.15) is 0 Å². The van der Waals surface area contributed by atoms with Crippen LogP contribution in [0.15, 0.2) is 162 Å². The first kappa shape index (κ1) is 28.2. The highest BCUT2D eigenvalue weighted by Gasteiger charge is 2.19. The lowest BCUT2D eigenvalue weighted by Crippen LogP contribution is -2.00. The molecule has 238 valence electrons. The first-order valence-corrected chi connectivity index (χ1v) is 17.8. The Labute approximate surface area is 295 Å². The zero-order valence-corrected chi connectivity index (χ0v) is 27.9. The maximum atomic E-state index is 6.51. The van der Waals surface area contributed by atoms with E-state index in [9.17, 15) is 0 Å². The van der Waals surface area contributed by atoms with Crippen LogP contribution in [-0.4, -0.2) is 19.5 Å². The molecular formula is C45H26N4OS. The Morgan fingerprint density at radius 1 is 0.431 bits per heavy atom. The molecule has 0 aliphatic carbocycles. The molecule has 0 radical (unpaired) electrons. The minimum Gasteiger partial charge on any atom is -0.456 e. The molecular weight excluding hydrogens is 645 g/mol. The zero-order chi connectivity index (χ0) is 33.5. The lowest BCUT2D eigenvalue weighted by atomic mass is 10.1. The fourth-order valence-electron chi connectivity index (χ4n) is 7.55. The second-order valence-electron chi connectivity index (χ2n) is 12.8. The number of para-hydroxylation sites is 2. The van der Waals surface area contributed by atoms with Crippen LogP contribution in [0.1, 0.15) is 0 Å². The average Bonchev–Trinajstić information content (AvgIpc) is 3.87. The fourth-order valence-corrected chi connectivity index (χ4v) is 8.68. The van der Waals surface area contributed by atoms with Gasteiger partial charge < -0.3 is 8.98 Å². The van der Waals surface area contributed by atoms with Gasteiger partial charge in [0, 0.05) is 70.2 Å². The smallest absolute Gasteiger partial charge is 0.164 e. The lowest BCUT2D eigenvalue weighted by Gasteiger charge is -2.09. The third-order valence-electron chi connectivity index (χ3n) is 9.86. The topological polar surface area (TPSA) is 56.7 Å². The second-order valence-corrected chi connectivity index (χ2v) is 13.9. The van der Waals surface area contributed by atoms with Crippen molar-refractivity contribution < 1.29 is 4.42 Å². The molecule has 0 saturated heterocycles. The van der Waals surface area contributed by atoms with E-state index in [4.69, 9.17) is 19.4 Å². The van der Waals surface area contributed by atoms with Gasteiger partial charge in [0.2, 0.25) is 0 Å². The molecule has 0 unspecified atom stereocenters. The molecule has 11 rings (SSSR count). The second kappa shape index (κ2) is 10.9. The molecule has 4 heterocycles. The van der Waals surface area contributed by atoms with E-state index in [1.54, 1.807) is 11.3 Å². The Kier molecular flexibility index (Phi) is 6.05. The standard InChI is InChI=1S/C45H26N4OS/c1-2-11-27(12-3-1)43-46-44(48-45(47-43)34-16-10-20-41-42(34)33-15-6-9-19-40(33)51-41)28-21-24-38-35(25-28)32-23-22-29(26-39(32)50-38)49-36-17-7-4-13-30(36)31-14-5-8-18-37(31)49/h1-26H. The summed E-state index contributed by atoms with van der Waals surface area (Å²) in [6.45, 7) is 0. The van der Waals surface area contributed by atoms with E-state index in [1.807, 2.05) is 42.5 Å². The highest BCUT2D eigenvalue weighted by atomic mass is 32.1. The van der Waals surface area contributed by atoms with Crippen LogP contribution in [-0.2, 0) is 0 Å². The van der Waals surface area contributed by atoms with Gasteiger partial charge in [0.1, 0.15) is 11.2 Å². The minimum absolute atomic E-state index is 0.619. The SMILES string of the molecule is c1ccc(-c2nc(-c3ccc4oc5cc(-n6c7ccccc7c7ccccc76)ccc5c4c3)nc(-c3cccc4sc5ccccc5c34)n2)cc1. The number of furan rings is 1. The predicted octanol–water partition coefficient (Wildman–Crippen LogP) is 12.2. The van der Waals surface area contributed by atoms with E-state index >= 15 is 0 Å². The molecule has 0 saturated carbocycles. The zero-order valence-electron chi connectivity index (χ0n) is 27.1. The predicted molar refractivity (Wildman–Crippen MR) is 211 cm³/mol. The lowest BCUT2D eigenvalue weighted by molar-refractivity contribution is 0.668.